The number of benzene rings is 1. The van der Waals surface area contributed by atoms with Crippen LogP contribution in [0.15, 0.2) is 30.3 Å². The van der Waals surface area contributed by atoms with Crippen LogP contribution >= 0.6 is 0 Å². The van der Waals surface area contributed by atoms with Crippen molar-refractivity contribution in [1.82, 2.24) is 4.90 Å². The summed E-state index contributed by atoms with van der Waals surface area (Å²) in [6.45, 7) is 3.70. The summed E-state index contributed by atoms with van der Waals surface area (Å²) in [7, 11) is 1.82. The van der Waals surface area contributed by atoms with Crippen molar-refractivity contribution < 1.29 is 9.59 Å². The molecule has 118 valence electrons. The lowest BCUT2D eigenvalue weighted by atomic mass is 10.2. The zero-order chi connectivity index (χ0) is 15.9. The van der Waals surface area contributed by atoms with E-state index in [0.29, 0.717) is 6.42 Å². The monoisotopic (exact) mass is 300 g/mol. The van der Waals surface area contributed by atoms with Crippen molar-refractivity contribution in [2.24, 2.45) is 0 Å². The Balaban J connectivity index is 1.94. The zero-order valence-electron chi connectivity index (χ0n) is 13.4. The Bertz CT molecular complexity index is 549. The molecule has 1 heterocycles. The molecule has 0 radical (unpaired) electrons. The SMILES string of the molecule is CCCCN(C)C(=O)/C=C/c1ccc(N2CCCC2=O)cc1. The van der Waals surface area contributed by atoms with Gasteiger partial charge in [-0.25, -0.2) is 0 Å². The van der Waals surface area contributed by atoms with Gasteiger partial charge in [-0.15, -0.1) is 0 Å². The maximum atomic E-state index is 11.9. The zero-order valence-corrected chi connectivity index (χ0v) is 13.4. The van der Waals surface area contributed by atoms with E-state index in [9.17, 15) is 9.59 Å². The van der Waals surface area contributed by atoms with Gasteiger partial charge in [-0.3, -0.25) is 9.59 Å². The van der Waals surface area contributed by atoms with E-state index in [1.54, 1.807) is 11.0 Å². The van der Waals surface area contributed by atoms with Crippen LogP contribution < -0.4 is 4.90 Å². The fourth-order valence-corrected chi connectivity index (χ4v) is 2.49. The molecule has 1 aromatic rings. The van der Waals surface area contributed by atoms with Crippen LogP contribution in [-0.4, -0.2) is 36.9 Å². The summed E-state index contributed by atoms with van der Waals surface area (Å²) < 4.78 is 0. The van der Waals surface area contributed by atoms with Crippen LogP contribution in [0.25, 0.3) is 6.08 Å². The molecule has 0 atom stereocenters. The first-order chi connectivity index (χ1) is 10.6. The van der Waals surface area contributed by atoms with Gasteiger partial charge in [0.05, 0.1) is 0 Å². The molecule has 22 heavy (non-hydrogen) atoms. The minimum absolute atomic E-state index is 0.0206. The highest BCUT2D eigenvalue weighted by molar-refractivity contribution is 5.95. The first-order valence-corrected chi connectivity index (χ1v) is 7.95. The molecule has 4 nitrogen and oxygen atoms in total. The molecule has 0 N–H and O–H groups in total. The third kappa shape index (κ3) is 4.20. The number of likely N-dealkylation sites (N-methyl/N-ethyl adjacent to an activating group) is 1. The number of carbonyl (C=O) groups excluding carboxylic acids is 2. The summed E-state index contributed by atoms with van der Waals surface area (Å²) in [4.78, 5) is 27.2. The van der Waals surface area contributed by atoms with Crippen LogP contribution in [0.4, 0.5) is 5.69 Å². The van der Waals surface area contributed by atoms with Gasteiger partial charge < -0.3 is 9.80 Å². The highest BCUT2D eigenvalue weighted by Crippen LogP contribution is 2.21. The van der Waals surface area contributed by atoms with Crippen LogP contribution in [0.3, 0.4) is 0 Å². The van der Waals surface area contributed by atoms with Crippen molar-refractivity contribution in [3.63, 3.8) is 0 Å². The fraction of sp³-hybridized carbons (Fsp3) is 0.444. The summed E-state index contributed by atoms with van der Waals surface area (Å²) in [5, 5.41) is 0. The lowest BCUT2D eigenvalue weighted by Gasteiger charge is -2.15. The standard InChI is InChI=1S/C18H24N2O2/c1-3-4-13-19(2)17(21)12-9-15-7-10-16(11-8-15)20-14-5-6-18(20)22/h7-12H,3-6,13-14H2,1-2H3/b12-9+. The fourth-order valence-electron chi connectivity index (χ4n) is 2.49. The number of anilines is 1. The Hall–Kier alpha value is -2.10. The van der Waals surface area contributed by atoms with Crippen LogP contribution in [0.5, 0.6) is 0 Å². The van der Waals surface area contributed by atoms with Crippen molar-refractivity contribution in [3.05, 3.63) is 35.9 Å². The predicted octanol–water partition coefficient (Wildman–Crippen LogP) is 3.09. The van der Waals surface area contributed by atoms with Gasteiger partial charge in [-0.2, -0.15) is 0 Å². The molecule has 0 spiro atoms. The molecule has 1 aliphatic rings. The Morgan fingerprint density at radius 2 is 2.05 bits per heavy atom. The van der Waals surface area contributed by atoms with Crippen molar-refractivity contribution >= 4 is 23.6 Å². The Labute approximate surface area is 132 Å². The summed E-state index contributed by atoms with van der Waals surface area (Å²) in [6, 6.07) is 7.76. The topological polar surface area (TPSA) is 40.6 Å². The number of amides is 2. The Morgan fingerprint density at radius 1 is 1.32 bits per heavy atom. The molecule has 1 fully saturated rings. The van der Waals surface area contributed by atoms with Gasteiger partial charge in [0.2, 0.25) is 11.8 Å². The number of unbranched alkanes of at least 4 members (excludes halogenated alkanes) is 1. The third-order valence-corrected chi connectivity index (χ3v) is 3.92. The Kier molecular flexibility index (Phi) is 5.75. The summed E-state index contributed by atoms with van der Waals surface area (Å²) in [5.74, 6) is 0.211. The van der Waals surface area contributed by atoms with Gasteiger partial charge in [-0.1, -0.05) is 25.5 Å². The molecule has 0 aliphatic carbocycles. The molecule has 1 aliphatic heterocycles. The van der Waals surface area contributed by atoms with E-state index in [2.05, 4.69) is 6.92 Å². The summed E-state index contributed by atoms with van der Waals surface area (Å²) in [5.41, 5.74) is 1.90. The van der Waals surface area contributed by atoms with E-state index in [1.807, 2.05) is 42.3 Å². The molecule has 0 saturated carbocycles. The van der Waals surface area contributed by atoms with Gasteiger partial charge in [0.15, 0.2) is 0 Å². The quantitative estimate of drug-likeness (QED) is 0.758. The first kappa shape index (κ1) is 16.3. The van der Waals surface area contributed by atoms with Gasteiger partial charge in [-0.05, 0) is 36.6 Å². The van der Waals surface area contributed by atoms with Crippen LogP contribution in [0.2, 0.25) is 0 Å². The second-order valence-corrected chi connectivity index (χ2v) is 5.69. The van der Waals surface area contributed by atoms with E-state index in [-0.39, 0.29) is 11.8 Å². The highest BCUT2D eigenvalue weighted by Gasteiger charge is 2.21. The highest BCUT2D eigenvalue weighted by atomic mass is 16.2. The number of hydrogen-bond acceptors (Lipinski definition) is 2. The van der Waals surface area contributed by atoms with Crippen molar-refractivity contribution in [3.8, 4) is 0 Å². The smallest absolute Gasteiger partial charge is 0.246 e. The normalized spacial score (nSPS) is 14.8. The van der Waals surface area contributed by atoms with E-state index >= 15 is 0 Å². The molecule has 0 aromatic heterocycles. The molecule has 0 bridgehead atoms. The molecular weight excluding hydrogens is 276 g/mol. The summed E-state index contributed by atoms with van der Waals surface area (Å²) in [6.07, 6.45) is 7.10. The maximum Gasteiger partial charge on any atom is 0.246 e. The van der Waals surface area contributed by atoms with Crippen LogP contribution in [-0.2, 0) is 9.59 Å². The lowest BCUT2D eigenvalue weighted by Crippen LogP contribution is -2.25. The molecule has 2 amide bonds. The minimum Gasteiger partial charge on any atom is -0.342 e. The molecule has 2 rings (SSSR count). The van der Waals surface area contributed by atoms with Crippen molar-refractivity contribution in [2.75, 3.05) is 25.0 Å². The average molecular weight is 300 g/mol. The average Bonchev–Trinajstić information content (AvgIpc) is 2.96. The van der Waals surface area contributed by atoms with E-state index in [0.717, 1.165) is 43.6 Å². The number of nitrogens with zero attached hydrogens (tertiary/aromatic N) is 2. The van der Waals surface area contributed by atoms with E-state index in [4.69, 9.17) is 0 Å². The van der Waals surface area contributed by atoms with Crippen molar-refractivity contribution in [2.45, 2.75) is 32.6 Å². The van der Waals surface area contributed by atoms with Gasteiger partial charge in [0, 0.05) is 38.3 Å². The van der Waals surface area contributed by atoms with E-state index < -0.39 is 0 Å². The van der Waals surface area contributed by atoms with Crippen LogP contribution in [0, 0.1) is 0 Å². The summed E-state index contributed by atoms with van der Waals surface area (Å²) >= 11 is 0. The van der Waals surface area contributed by atoms with Gasteiger partial charge in [0.25, 0.3) is 0 Å². The molecule has 4 heteroatoms. The van der Waals surface area contributed by atoms with Gasteiger partial charge in [0.1, 0.15) is 0 Å². The molecular formula is C18H24N2O2. The molecule has 0 unspecified atom stereocenters. The minimum atomic E-state index is 0.0206. The predicted molar refractivity (Wildman–Crippen MR) is 89.6 cm³/mol. The van der Waals surface area contributed by atoms with Crippen molar-refractivity contribution in [1.29, 1.82) is 0 Å². The molecule has 1 saturated heterocycles. The number of rotatable bonds is 6. The second-order valence-electron chi connectivity index (χ2n) is 5.69. The Morgan fingerprint density at radius 3 is 2.64 bits per heavy atom. The van der Waals surface area contributed by atoms with Crippen LogP contribution in [0.1, 0.15) is 38.2 Å². The lowest BCUT2D eigenvalue weighted by molar-refractivity contribution is -0.124. The van der Waals surface area contributed by atoms with Gasteiger partial charge >= 0.3 is 0 Å². The largest absolute Gasteiger partial charge is 0.342 e. The molecule has 1 aromatic carbocycles. The number of carbonyl (C=O) groups is 2. The third-order valence-electron chi connectivity index (χ3n) is 3.92. The first-order valence-electron chi connectivity index (χ1n) is 7.95. The second kappa shape index (κ2) is 7.78. The van der Waals surface area contributed by atoms with E-state index in [1.165, 1.54) is 0 Å². The number of hydrogen-bond donors (Lipinski definition) is 0. The maximum absolute atomic E-state index is 11.9.